The number of Topliss-reactive ketones (excluding diaryl/α,β-unsaturated/α-hetero) is 2. The summed E-state index contributed by atoms with van der Waals surface area (Å²) in [5, 5.41) is 2.28. The maximum absolute atomic E-state index is 15.1. The molecule has 0 aromatic heterocycles. The Bertz CT molecular complexity index is 1700. The Balaban J connectivity index is 1.49. The van der Waals surface area contributed by atoms with Gasteiger partial charge < -0.3 is 5.32 Å². The molecule has 16 heteroatoms. The highest BCUT2D eigenvalue weighted by molar-refractivity contribution is 7.86. The molecule has 0 spiro atoms. The normalized spacial score (nSPS) is 18.0. The maximum atomic E-state index is 15.1. The van der Waals surface area contributed by atoms with Crippen LogP contribution in [0.3, 0.4) is 0 Å². The van der Waals surface area contributed by atoms with E-state index >= 15 is 4.39 Å². The van der Waals surface area contributed by atoms with Crippen LogP contribution in [0.25, 0.3) is 0 Å². The van der Waals surface area contributed by atoms with Crippen molar-refractivity contribution in [3.63, 3.8) is 0 Å². The number of anilines is 1. The molecule has 3 aromatic rings. The number of alkyl halides is 5. The number of amides is 1. The molecule has 0 bridgehead atoms. The van der Waals surface area contributed by atoms with Crippen LogP contribution in [0.5, 0.6) is 0 Å². The van der Waals surface area contributed by atoms with Crippen molar-refractivity contribution in [3.05, 3.63) is 98.3 Å². The largest absolute Gasteiger partial charge is 0.471 e. The number of halogens is 10. The molecule has 0 radical (unpaired) electrons. The molecule has 0 heterocycles. The molecule has 1 aliphatic rings. The van der Waals surface area contributed by atoms with E-state index in [9.17, 15) is 40.5 Å². The molecule has 5 nitrogen and oxygen atoms in total. The van der Waals surface area contributed by atoms with Gasteiger partial charge in [-0.05, 0) is 47.5 Å². The summed E-state index contributed by atoms with van der Waals surface area (Å²) >= 11 is 24.6. The number of rotatable bonds is 10. The van der Waals surface area contributed by atoms with Gasteiger partial charge in [-0.1, -0.05) is 35.3 Å². The first-order chi connectivity index (χ1) is 20.4. The van der Waals surface area contributed by atoms with Crippen molar-refractivity contribution in [2.45, 2.75) is 28.6 Å². The molecule has 1 fully saturated rings. The Morgan fingerprint density at radius 1 is 0.886 bits per heavy atom. The summed E-state index contributed by atoms with van der Waals surface area (Å²) in [5.74, 6) is -9.23. The molecule has 1 N–H and O–H groups in total. The number of ketones is 2. The van der Waals surface area contributed by atoms with Crippen LogP contribution in [0.2, 0.25) is 10.0 Å². The van der Waals surface area contributed by atoms with Crippen LogP contribution in [0, 0.1) is 23.4 Å². The Kier molecular flexibility index (Phi) is 10.1. The van der Waals surface area contributed by atoms with E-state index in [0.29, 0.717) is 5.56 Å². The van der Waals surface area contributed by atoms with E-state index in [1.165, 1.54) is 30.3 Å². The van der Waals surface area contributed by atoms with E-state index in [-0.39, 0.29) is 21.3 Å². The van der Waals surface area contributed by atoms with Gasteiger partial charge in [0.1, 0.15) is 38.4 Å². The number of carbonyl (C=O) groups is 3. The van der Waals surface area contributed by atoms with Crippen LogP contribution < -0.4 is 5.32 Å². The number of carbonyl (C=O) groups excluding carboxylic acids is 3. The zero-order chi connectivity index (χ0) is 32.7. The third-order valence-electron chi connectivity index (χ3n) is 6.71. The summed E-state index contributed by atoms with van der Waals surface area (Å²) in [6.45, 7) is 0. The minimum Gasteiger partial charge on any atom is -0.326 e. The van der Waals surface area contributed by atoms with Crippen molar-refractivity contribution in [1.29, 1.82) is 0 Å². The highest BCUT2D eigenvalue weighted by Crippen LogP contribution is 2.65. The molecule has 234 valence electrons. The van der Waals surface area contributed by atoms with Crippen molar-refractivity contribution in [1.82, 2.24) is 0 Å². The monoisotopic (exact) mass is 717 g/mol. The van der Waals surface area contributed by atoms with Crippen LogP contribution >= 0.6 is 46.4 Å². The smallest absolute Gasteiger partial charge is 0.326 e. The summed E-state index contributed by atoms with van der Waals surface area (Å²) < 4.78 is 90.1. The highest BCUT2D eigenvalue weighted by atomic mass is 35.5. The van der Waals surface area contributed by atoms with Gasteiger partial charge in [0.05, 0.1) is 21.7 Å². The fraction of sp³-hybridized carbons (Fsp3) is 0.250. The van der Waals surface area contributed by atoms with Crippen LogP contribution in [0.4, 0.5) is 32.0 Å². The highest BCUT2D eigenvalue weighted by Gasteiger charge is 2.67. The van der Waals surface area contributed by atoms with Crippen LogP contribution in [0.15, 0.2) is 48.5 Å². The van der Waals surface area contributed by atoms with Gasteiger partial charge in [-0.3, -0.25) is 18.6 Å². The quantitative estimate of drug-likeness (QED) is 0.132. The number of nitrogens with one attached hydrogen (secondary N) is 1. The van der Waals surface area contributed by atoms with Gasteiger partial charge in [0.2, 0.25) is 5.91 Å². The SMILES string of the molecule is O=C(Cc1c(F)ccc(CC(=O)c2cc(NC(=O)[C@H]3[C@H](c4ccc(F)c(Cl)c4)C3(Cl)Cl)ccc2Cl)c1F)CS(=O)C(F)(F)F. The lowest BCUT2D eigenvalue weighted by Crippen LogP contribution is -2.25. The lowest BCUT2D eigenvalue weighted by Gasteiger charge is -2.12. The predicted octanol–water partition coefficient (Wildman–Crippen LogP) is 7.74. The number of hydrogen-bond acceptors (Lipinski definition) is 4. The van der Waals surface area contributed by atoms with Crippen molar-refractivity contribution in [3.8, 4) is 0 Å². The molecule has 3 aromatic carbocycles. The summed E-state index contributed by atoms with van der Waals surface area (Å²) in [7, 11) is -3.55. The van der Waals surface area contributed by atoms with Gasteiger partial charge in [-0.15, -0.1) is 23.2 Å². The molecular formula is C28H17Cl4F6NO4S. The average molecular weight is 719 g/mol. The van der Waals surface area contributed by atoms with Crippen molar-refractivity contribution in [2.24, 2.45) is 5.92 Å². The van der Waals surface area contributed by atoms with E-state index in [1.54, 1.807) is 0 Å². The summed E-state index contributed by atoms with van der Waals surface area (Å²) in [6, 6.07) is 9.26. The Morgan fingerprint density at radius 3 is 2.18 bits per heavy atom. The molecular weight excluding hydrogens is 702 g/mol. The summed E-state index contributed by atoms with van der Waals surface area (Å²) in [4.78, 5) is 38.0. The van der Waals surface area contributed by atoms with E-state index < -0.39 is 97.1 Å². The van der Waals surface area contributed by atoms with Gasteiger partial charge >= 0.3 is 5.51 Å². The Morgan fingerprint density at radius 2 is 1.55 bits per heavy atom. The molecule has 4 rings (SSSR count). The topological polar surface area (TPSA) is 80.3 Å². The first-order valence-electron chi connectivity index (χ1n) is 12.3. The molecule has 3 atom stereocenters. The number of hydrogen-bond donors (Lipinski definition) is 1. The van der Waals surface area contributed by atoms with Gasteiger partial charge in [0.15, 0.2) is 5.78 Å². The van der Waals surface area contributed by atoms with Crippen LogP contribution in [0.1, 0.15) is 33.0 Å². The fourth-order valence-electron chi connectivity index (χ4n) is 4.50. The second kappa shape index (κ2) is 13.0. The van der Waals surface area contributed by atoms with Crippen LogP contribution in [-0.4, -0.2) is 37.3 Å². The standard InChI is InChI=1S/C28H17Cl4F6NO4S/c29-18-4-3-14(39-26(42)24-23(27(24,31)32)12-1-6-21(34)19(30)7-12)9-16(18)22(41)8-13-2-5-20(33)17(25(13)35)10-15(40)11-44(43)28(36,37)38/h1-7,9,23-24H,8,10-11H2,(H,39,42)/t23-,24+,44?/m0/s1. The Labute approximate surface area is 268 Å². The van der Waals surface area contributed by atoms with Gasteiger partial charge in [0, 0.05) is 35.6 Å². The average Bonchev–Trinajstić information content (AvgIpc) is 3.51. The van der Waals surface area contributed by atoms with Crippen LogP contribution in [-0.2, 0) is 33.2 Å². The first kappa shape index (κ1) is 34.2. The molecule has 0 saturated heterocycles. The van der Waals surface area contributed by atoms with Gasteiger partial charge in [0.25, 0.3) is 0 Å². The van der Waals surface area contributed by atoms with E-state index in [4.69, 9.17) is 46.4 Å². The van der Waals surface area contributed by atoms with Gasteiger partial charge in [-0.2, -0.15) is 13.2 Å². The predicted molar refractivity (Wildman–Crippen MR) is 154 cm³/mol. The minimum atomic E-state index is -5.18. The third-order valence-corrected chi connectivity index (χ3v) is 9.37. The van der Waals surface area contributed by atoms with Crippen molar-refractivity contribution < 1.29 is 44.9 Å². The zero-order valence-corrected chi connectivity index (χ0v) is 25.6. The summed E-state index contributed by atoms with van der Waals surface area (Å²) in [6.07, 6.45) is -1.83. The molecule has 1 aliphatic carbocycles. The lowest BCUT2D eigenvalue weighted by molar-refractivity contribution is -0.117. The maximum Gasteiger partial charge on any atom is 0.471 e. The third kappa shape index (κ3) is 7.42. The van der Waals surface area contributed by atoms with Crippen molar-refractivity contribution in [2.75, 3.05) is 11.1 Å². The molecule has 1 saturated carbocycles. The fourth-order valence-corrected chi connectivity index (χ4v) is 6.30. The van der Waals surface area contributed by atoms with Gasteiger partial charge in [-0.25, -0.2) is 13.2 Å². The van der Waals surface area contributed by atoms with Crippen molar-refractivity contribution >= 4 is 80.4 Å². The Hall–Kier alpha value is -2.64. The summed E-state index contributed by atoms with van der Waals surface area (Å²) in [5.41, 5.74) is -6.13. The molecule has 44 heavy (non-hydrogen) atoms. The zero-order valence-electron chi connectivity index (χ0n) is 21.7. The number of benzene rings is 3. The second-order valence-corrected chi connectivity index (χ2v) is 13.4. The lowest BCUT2D eigenvalue weighted by atomic mass is 9.98. The molecule has 0 aliphatic heterocycles. The van der Waals surface area contributed by atoms with E-state index in [2.05, 4.69) is 5.32 Å². The van der Waals surface area contributed by atoms with E-state index in [0.717, 1.165) is 18.2 Å². The second-order valence-electron chi connectivity index (χ2n) is 9.74. The minimum absolute atomic E-state index is 0.0817. The molecule has 1 amide bonds. The van der Waals surface area contributed by atoms with E-state index in [1.807, 2.05) is 0 Å². The molecule has 1 unspecified atom stereocenters. The first-order valence-corrected chi connectivity index (χ1v) is 15.1.